The topological polar surface area (TPSA) is 98.5 Å². The zero-order valence-corrected chi connectivity index (χ0v) is 12.5. The fraction of sp³-hybridized carbons (Fsp3) is 0.385. The van der Waals surface area contributed by atoms with Crippen molar-refractivity contribution in [3.63, 3.8) is 0 Å². The number of halogens is 1. The molecule has 0 fully saturated rings. The van der Waals surface area contributed by atoms with Crippen molar-refractivity contribution in [3.05, 3.63) is 38.9 Å². The van der Waals surface area contributed by atoms with E-state index in [9.17, 15) is 19.7 Å². The van der Waals surface area contributed by atoms with Crippen molar-refractivity contribution >= 4 is 29.7 Å². The molecule has 8 heteroatoms. The van der Waals surface area contributed by atoms with Gasteiger partial charge in [-0.15, -0.1) is 0 Å². The van der Waals surface area contributed by atoms with Crippen LogP contribution in [0.2, 0.25) is 5.02 Å². The van der Waals surface area contributed by atoms with Gasteiger partial charge >= 0.3 is 6.09 Å². The summed E-state index contributed by atoms with van der Waals surface area (Å²) in [6.45, 7) is 5.06. The molecule has 1 rings (SSSR count). The molecular formula is C13H15ClN2O5. The van der Waals surface area contributed by atoms with Crippen LogP contribution in [0, 0.1) is 10.1 Å². The summed E-state index contributed by atoms with van der Waals surface area (Å²) in [7, 11) is 0. The Morgan fingerprint density at radius 2 is 2.10 bits per heavy atom. The third-order valence-corrected chi connectivity index (χ3v) is 2.64. The minimum atomic E-state index is -1.00. The molecule has 1 N–H and O–H groups in total. The van der Waals surface area contributed by atoms with Gasteiger partial charge in [-0.1, -0.05) is 11.6 Å². The molecule has 0 spiro atoms. The number of benzene rings is 1. The van der Waals surface area contributed by atoms with E-state index >= 15 is 0 Å². The van der Waals surface area contributed by atoms with Crippen LogP contribution in [0.15, 0.2) is 18.2 Å². The number of ether oxygens (including phenoxy) is 1. The van der Waals surface area contributed by atoms with E-state index in [1.54, 1.807) is 20.8 Å². The summed E-state index contributed by atoms with van der Waals surface area (Å²) in [5.74, 6) is 0. The van der Waals surface area contributed by atoms with Gasteiger partial charge in [-0.2, -0.15) is 0 Å². The van der Waals surface area contributed by atoms with E-state index < -0.39 is 22.7 Å². The molecule has 0 saturated heterocycles. The van der Waals surface area contributed by atoms with Crippen molar-refractivity contribution in [2.75, 3.05) is 0 Å². The quantitative estimate of drug-likeness (QED) is 0.523. The van der Waals surface area contributed by atoms with Crippen molar-refractivity contribution in [1.29, 1.82) is 0 Å². The summed E-state index contributed by atoms with van der Waals surface area (Å²) >= 11 is 5.77. The van der Waals surface area contributed by atoms with Crippen molar-refractivity contribution < 1.29 is 19.2 Å². The molecule has 0 radical (unpaired) electrons. The van der Waals surface area contributed by atoms with Gasteiger partial charge in [-0.05, 0) is 38.5 Å². The van der Waals surface area contributed by atoms with Gasteiger partial charge in [-0.3, -0.25) is 10.1 Å². The highest BCUT2D eigenvalue weighted by atomic mass is 35.5. The maximum absolute atomic E-state index is 11.6. The number of carbonyl (C=O) groups is 2. The molecule has 7 nitrogen and oxygen atoms in total. The highest BCUT2D eigenvalue weighted by Gasteiger charge is 2.22. The number of nitrogens with zero attached hydrogens (tertiary/aromatic N) is 1. The Kier molecular flexibility index (Phi) is 5.26. The van der Waals surface area contributed by atoms with E-state index in [4.69, 9.17) is 16.3 Å². The third-order valence-electron chi connectivity index (χ3n) is 2.34. The van der Waals surface area contributed by atoms with Crippen molar-refractivity contribution in [1.82, 2.24) is 5.32 Å². The molecule has 0 aliphatic carbocycles. The molecular weight excluding hydrogens is 300 g/mol. The van der Waals surface area contributed by atoms with Crippen LogP contribution in [0.4, 0.5) is 10.5 Å². The monoisotopic (exact) mass is 314 g/mol. The maximum Gasteiger partial charge on any atom is 0.408 e. The van der Waals surface area contributed by atoms with E-state index in [2.05, 4.69) is 5.32 Å². The average Bonchev–Trinajstić information content (AvgIpc) is 2.33. The molecule has 0 aliphatic rings. The van der Waals surface area contributed by atoms with E-state index in [0.29, 0.717) is 11.8 Å². The van der Waals surface area contributed by atoms with Crippen LogP contribution in [0.1, 0.15) is 32.4 Å². The zero-order valence-electron chi connectivity index (χ0n) is 11.8. The highest BCUT2D eigenvalue weighted by molar-refractivity contribution is 6.32. The number of carbonyl (C=O) groups excluding carboxylic acids is 2. The van der Waals surface area contributed by atoms with Gasteiger partial charge in [0.2, 0.25) is 0 Å². The number of rotatable bonds is 4. The zero-order chi connectivity index (χ0) is 16.2. The van der Waals surface area contributed by atoms with Crippen molar-refractivity contribution in [3.8, 4) is 0 Å². The Hall–Kier alpha value is -2.15. The first-order chi connectivity index (χ1) is 9.64. The molecule has 0 saturated carbocycles. The molecule has 1 unspecified atom stereocenters. The molecule has 0 heterocycles. The van der Waals surface area contributed by atoms with Gasteiger partial charge in [0.25, 0.3) is 5.69 Å². The van der Waals surface area contributed by atoms with Crippen LogP contribution in [0.5, 0.6) is 0 Å². The molecule has 1 atom stereocenters. The predicted molar refractivity (Wildman–Crippen MR) is 76.3 cm³/mol. The fourth-order valence-electron chi connectivity index (χ4n) is 1.50. The number of hydrogen-bond acceptors (Lipinski definition) is 5. The summed E-state index contributed by atoms with van der Waals surface area (Å²) in [4.78, 5) is 32.8. The van der Waals surface area contributed by atoms with E-state index in [-0.39, 0.29) is 10.7 Å². The molecule has 114 valence electrons. The molecule has 0 aliphatic heterocycles. The number of amides is 1. The lowest BCUT2D eigenvalue weighted by Gasteiger charge is -2.21. The highest BCUT2D eigenvalue weighted by Crippen LogP contribution is 2.27. The average molecular weight is 315 g/mol. The summed E-state index contributed by atoms with van der Waals surface area (Å²) < 4.78 is 5.03. The lowest BCUT2D eigenvalue weighted by atomic mass is 10.1. The minimum Gasteiger partial charge on any atom is -0.444 e. The van der Waals surface area contributed by atoms with E-state index in [0.717, 1.165) is 0 Å². The second kappa shape index (κ2) is 6.53. The molecule has 1 amide bonds. The van der Waals surface area contributed by atoms with Crippen LogP contribution < -0.4 is 5.32 Å². The maximum atomic E-state index is 11.6. The standard InChI is InChI=1S/C13H15ClN2O5/c1-13(2,3)21-12(18)15-10(7-17)8-4-5-11(16(19)20)9(14)6-8/h4-7,10H,1-3H3,(H,15,18). The molecule has 0 bridgehead atoms. The van der Waals surface area contributed by atoms with E-state index in [1.165, 1.54) is 18.2 Å². The first-order valence-electron chi connectivity index (χ1n) is 6.02. The fourth-order valence-corrected chi connectivity index (χ4v) is 1.75. The predicted octanol–water partition coefficient (Wildman–Crippen LogP) is 3.01. The van der Waals surface area contributed by atoms with Gasteiger partial charge in [-0.25, -0.2) is 4.79 Å². The van der Waals surface area contributed by atoms with Crippen LogP contribution >= 0.6 is 11.6 Å². The summed E-state index contributed by atoms with van der Waals surface area (Å²) in [6, 6.07) is 2.78. The number of aldehydes is 1. The van der Waals surface area contributed by atoms with Crippen LogP contribution in [-0.2, 0) is 9.53 Å². The first kappa shape index (κ1) is 16.9. The summed E-state index contributed by atoms with van der Waals surface area (Å²) in [5.41, 5.74) is -0.654. The molecule has 0 aromatic heterocycles. The second-order valence-electron chi connectivity index (χ2n) is 5.23. The number of alkyl carbamates (subject to hydrolysis) is 1. The van der Waals surface area contributed by atoms with Crippen molar-refractivity contribution in [2.24, 2.45) is 0 Å². The number of nitro groups is 1. The van der Waals surface area contributed by atoms with Crippen LogP contribution in [0.3, 0.4) is 0 Å². The Balaban J connectivity index is 2.91. The number of nitrogens with one attached hydrogen (secondary N) is 1. The van der Waals surface area contributed by atoms with Crippen LogP contribution in [-0.4, -0.2) is 22.9 Å². The smallest absolute Gasteiger partial charge is 0.408 e. The minimum absolute atomic E-state index is 0.115. The molecule has 1 aromatic rings. The van der Waals surface area contributed by atoms with Gasteiger partial charge in [0.1, 0.15) is 23.0 Å². The van der Waals surface area contributed by atoms with E-state index in [1.807, 2.05) is 0 Å². The molecule has 1 aromatic carbocycles. The van der Waals surface area contributed by atoms with Gasteiger partial charge < -0.3 is 14.8 Å². The third kappa shape index (κ3) is 5.03. The number of nitro benzene ring substituents is 1. The SMILES string of the molecule is CC(C)(C)OC(=O)NC(C=O)c1ccc([N+](=O)[O-])c(Cl)c1. The number of hydrogen-bond donors (Lipinski definition) is 1. The lowest BCUT2D eigenvalue weighted by molar-refractivity contribution is -0.384. The second-order valence-corrected chi connectivity index (χ2v) is 5.64. The largest absolute Gasteiger partial charge is 0.444 e. The van der Waals surface area contributed by atoms with Gasteiger partial charge in [0.15, 0.2) is 0 Å². The Labute approximate surface area is 126 Å². The Morgan fingerprint density at radius 1 is 1.48 bits per heavy atom. The van der Waals surface area contributed by atoms with Crippen LogP contribution in [0.25, 0.3) is 0 Å². The Bertz CT molecular complexity index is 568. The summed E-state index contributed by atoms with van der Waals surface area (Å²) in [5, 5.41) is 12.9. The van der Waals surface area contributed by atoms with Gasteiger partial charge in [0.05, 0.1) is 4.92 Å². The normalized spacial score (nSPS) is 12.4. The Morgan fingerprint density at radius 3 is 2.52 bits per heavy atom. The van der Waals surface area contributed by atoms with Gasteiger partial charge in [0, 0.05) is 6.07 Å². The summed E-state index contributed by atoms with van der Waals surface area (Å²) in [6.07, 6.45) is -0.282. The lowest BCUT2D eigenvalue weighted by Crippen LogP contribution is -2.35. The van der Waals surface area contributed by atoms with Crippen molar-refractivity contribution in [2.45, 2.75) is 32.4 Å². The first-order valence-corrected chi connectivity index (χ1v) is 6.40. The molecule has 21 heavy (non-hydrogen) atoms.